The van der Waals surface area contributed by atoms with Gasteiger partial charge in [0.1, 0.15) is 5.82 Å². The minimum absolute atomic E-state index is 0.577. The van der Waals surface area contributed by atoms with E-state index >= 15 is 0 Å². The van der Waals surface area contributed by atoms with Crippen LogP contribution in [0.5, 0.6) is 0 Å². The number of hydrogen-bond acceptors (Lipinski definition) is 5. The lowest BCUT2D eigenvalue weighted by Gasteiger charge is -2.34. The van der Waals surface area contributed by atoms with Gasteiger partial charge >= 0.3 is 0 Å². The monoisotopic (exact) mass is 417 g/mol. The Hall–Kier alpha value is -1.86. The first-order valence-corrected chi connectivity index (χ1v) is 11.6. The second-order valence-electron chi connectivity index (χ2n) is 8.58. The van der Waals surface area contributed by atoms with E-state index in [4.69, 9.17) is 0 Å². The maximum Gasteiger partial charge on any atom is 0.191 e. The highest BCUT2D eigenvalue weighted by Crippen LogP contribution is 2.15. The Balaban J connectivity index is 1.77. The second-order valence-corrected chi connectivity index (χ2v) is 8.58. The van der Waals surface area contributed by atoms with Gasteiger partial charge in [-0.3, -0.25) is 9.89 Å². The van der Waals surface area contributed by atoms with Crippen molar-refractivity contribution in [1.82, 2.24) is 25.4 Å². The number of hydrogen-bond donors (Lipinski definition) is 2. The molecule has 2 rings (SSSR count). The number of nitrogens with zero attached hydrogens (tertiary/aromatic N) is 5. The van der Waals surface area contributed by atoms with Crippen molar-refractivity contribution < 1.29 is 0 Å². The molecule has 30 heavy (non-hydrogen) atoms. The van der Waals surface area contributed by atoms with Gasteiger partial charge in [-0.1, -0.05) is 6.92 Å². The molecule has 0 amide bonds. The van der Waals surface area contributed by atoms with Crippen LogP contribution in [0.15, 0.2) is 23.3 Å². The summed E-state index contributed by atoms with van der Waals surface area (Å²) in [5.41, 5.74) is 1.23. The smallest absolute Gasteiger partial charge is 0.191 e. The summed E-state index contributed by atoms with van der Waals surface area (Å²) in [5, 5.41) is 6.88. The quantitative estimate of drug-likeness (QED) is 0.346. The molecule has 0 atom stereocenters. The predicted octanol–water partition coefficient (Wildman–Crippen LogP) is 2.40. The molecule has 1 aliphatic rings. The first kappa shape index (κ1) is 24.4. The van der Waals surface area contributed by atoms with Crippen LogP contribution in [0.25, 0.3) is 0 Å². The molecule has 7 heteroatoms. The third-order valence-corrected chi connectivity index (χ3v) is 5.85. The van der Waals surface area contributed by atoms with Gasteiger partial charge in [0, 0.05) is 71.1 Å². The number of nitrogens with one attached hydrogen (secondary N) is 2. The lowest BCUT2D eigenvalue weighted by Crippen LogP contribution is -2.46. The van der Waals surface area contributed by atoms with E-state index in [-0.39, 0.29) is 0 Å². The van der Waals surface area contributed by atoms with Gasteiger partial charge in [0.2, 0.25) is 0 Å². The molecule has 0 spiro atoms. The SMILES string of the molecule is CCN1CCN(c2cc(CNC(=NC)NCCCN(C(C)C)C(C)C)ccn2)CC1. The molecule has 1 fully saturated rings. The van der Waals surface area contributed by atoms with Gasteiger partial charge in [-0.15, -0.1) is 0 Å². The Morgan fingerprint density at radius 1 is 1.13 bits per heavy atom. The summed E-state index contributed by atoms with van der Waals surface area (Å²) in [6.07, 6.45) is 3.02. The van der Waals surface area contributed by atoms with Crippen LogP contribution in [-0.4, -0.2) is 85.7 Å². The van der Waals surface area contributed by atoms with E-state index in [9.17, 15) is 0 Å². The van der Waals surface area contributed by atoms with E-state index in [1.165, 1.54) is 5.56 Å². The van der Waals surface area contributed by atoms with E-state index in [0.29, 0.717) is 12.1 Å². The number of aliphatic imine (C=N–C) groups is 1. The molecule has 0 unspecified atom stereocenters. The van der Waals surface area contributed by atoms with Crippen LogP contribution in [0.4, 0.5) is 5.82 Å². The van der Waals surface area contributed by atoms with E-state index in [0.717, 1.165) is 70.6 Å². The van der Waals surface area contributed by atoms with E-state index in [1.807, 2.05) is 13.2 Å². The molecule has 0 aromatic carbocycles. The number of rotatable bonds is 10. The summed E-state index contributed by atoms with van der Waals surface area (Å²) in [7, 11) is 1.83. The fourth-order valence-electron chi connectivity index (χ4n) is 4.02. The van der Waals surface area contributed by atoms with Gasteiger partial charge in [-0.2, -0.15) is 0 Å². The van der Waals surface area contributed by atoms with E-state index < -0.39 is 0 Å². The molecule has 2 N–H and O–H groups in total. The molecule has 0 radical (unpaired) electrons. The summed E-state index contributed by atoms with van der Waals surface area (Å²) < 4.78 is 0. The minimum atomic E-state index is 0.577. The molecule has 1 aliphatic heterocycles. The van der Waals surface area contributed by atoms with Gasteiger partial charge in [0.15, 0.2) is 5.96 Å². The normalized spacial score (nSPS) is 16.0. The zero-order valence-corrected chi connectivity index (χ0v) is 20.0. The average molecular weight is 418 g/mol. The van der Waals surface area contributed by atoms with Crippen LogP contribution >= 0.6 is 0 Å². The summed E-state index contributed by atoms with van der Waals surface area (Å²) in [4.78, 5) is 16.4. The summed E-state index contributed by atoms with van der Waals surface area (Å²) in [6.45, 7) is 19.5. The van der Waals surface area contributed by atoms with Crippen LogP contribution in [0, 0.1) is 0 Å². The van der Waals surface area contributed by atoms with Crippen LogP contribution in [0.2, 0.25) is 0 Å². The van der Waals surface area contributed by atoms with Gasteiger partial charge < -0.3 is 20.4 Å². The van der Waals surface area contributed by atoms with Gasteiger partial charge in [0.05, 0.1) is 0 Å². The standard InChI is InChI=1S/C23H43N7/c1-7-28-13-15-29(16-14-28)22-17-21(9-11-25-22)18-27-23(24-6)26-10-8-12-30(19(2)3)20(4)5/h9,11,17,19-20H,7-8,10,12-16,18H2,1-6H3,(H2,24,26,27). The fraction of sp³-hybridized carbons (Fsp3) is 0.739. The molecule has 0 saturated carbocycles. The molecule has 0 aliphatic carbocycles. The van der Waals surface area contributed by atoms with E-state index in [2.05, 4.69) is 82.1 Å². The molecule has 2 heterocycles. The predicted molar refractivity (Wildman–Crippen MR) is 128 cm³/mol. The largest absolute Gasteiger partial charge is 0.356 e. The molecule has 1 aromatic heterocycles. The highest BCUT2D eigenvalue weighted by atomic mass is 15.3. The lowest BCUT2D eigenvalue weighted by atomic mass is 10.2. The summed E-state index contributed by atoms with van der Waals surface area (Å²) in [6, 6.07) is 5.43. The molecule has 1 saturated heterocycles. The van der Waals surface area contributed by atoms with Crippen molar-refractivity contribution in [3.05, 3.63) is 23.9 Å². The third kappa shape index (κ3) is 7.76. The van der Waals surface area contributed by atoms with Gasteiger partial charge in [-0.05, 0) is 58.4 Å². The zero-order valence-electron chi connectivity index (χ0n) is 20.0. The van der Waals surface area contributed by atoms with Crippen molar-refractivity contribution in [2.75, 3.05) is 57.8 Å². The van der Waals surface area contributed by atoms with Gasteiger partial charge in [-0.25, -0.2) is 4.98 Å². The van der Waals surface area contributed by atoms with Crippen molar-refractivity contribution >= 4 is 11.8 Å². The molecule has 7 nitrogen and oxygen atoms in total. The Kier molecular flexibility index (Phi) is 10.4. The topological polar surface area (TPSA) is 59.0 Å². The fourth-order valence-corrected chi connectivity index (χ4v) is 4.02. The van der Waals surface area contributed by atoms with Crippen molar-refractivity contribution in [3.63, 3.8) is 0 Å². The summed E-state index contributed by atoms with van der Waals surface area (Å²) in [5.74, 6) is 1.93. The Bertz CT molecular complexity index is 628. The Morgan fingerprint density at radius 2 is 1.83 bits per heavy atom. The molecular formula is C23H43N7. The molecular weight excluding hydrogens is 374 g/mol. The Morgan fingerprint density at radius 3 is 2.43 bits per heavy atom. The van der Waals surface area contributed by atoms with Crippen molar-refractivity contribution in [2.24, 2.45) is 4.99 Å². The number of pyridine rings is 1. The lowest BCUT2D eigenvalue weighted by molar-refractivity contribution is 0.173. The van der Waals surface area contributed by atoms with Crippen LogP contribution in [0.1, 0.15) is 46.6 Å². The molecule has 170 valence electrons. The first-order valence-electron chi connectivity index (χ1n) is 11.6. The van der Waals surface area contributed by atoms with Crippen molar-refractivity contribution in [3.8, 4) is 0 Å². The number of aromatic nitrogens is 1. The van der Waals surface area contributed by atoms with Crippen LogP contribution in [0.3, 0.4) is 0 Å². The highest BCUT2D eigenvalue weighted by Gasteiger charge is 2.17. The maximum atomic E-state index is 4.60. The van der Waals surface area contributed by atoms with Crippen molar-refractivity contribution in [1.29, 1.82) is 0 Å². The maximum absolute atomic E-state index is 4.60. The van der Waals surface area contributed by atoms with Crippen molar-refractivity contribution in [2.45, 2.75) is 59.7 Å². The average Bonchev–Trinajstić information content (AvgIpc) is 2.75. The number of piperazine rings is 1. The molecule has 1 aromatic rings. The number of guanidine groups is 1. The second kappa shape index (κ2) is 12.7. The first-order chi connectivity index (χ1) is 14.4. The van der Waals surface area contributed by atoms with Crippen LogP contribution < -0.4 is 15.5 Å². The number of anilines is 1. The molecule has 0 bridgehead atoms. The third-order valence-electron chi connectivity index (χ3n) is 5.85. The summed E-state index contributed by atoms with van der Waals surface area (Å²) >= 11 is 0. The van der Waals surface area contributed by atoms with Crippen LogP contribution in [-0.2, 0) is 6.54 Å². The Labute approximate surface area is 183 Å². The van der Waals surface area contributed by atoms with Gasteiger partial charge in [0.25, 0.3) is 0 Å². The van der Waals surface area contributed by atoms with E-state index in [1.54, 1.807) is 0 Å². The minimum Gasteiger partial charge on any atom is -0.356 e. The zero-order chi connectivity index (χ0) is 21.9. The number of likely N-dealkylation sites (N-methyl/N-ethyl adjacent to an activating group) is 1. The highest BCUT2D eigenvalue weighted by molar-refractivity contribution is 5.79.